The number of aromatic nitrogens is 1. The number of carbonyl (C=O) groups excluding carboxylic acids is 1. The van der Waals surface area contributed by atoms with E-state index >= 15 is 0 Å². The second-order valence-corrected chi connectivity index (χ2v) is 5.20. The molecule has 0 bridgehead atoms. The lowest BCUT2D eigenvalue weighted by Crippen LogP contribution is -2.29. The number of benzene rings is 1. The first-order valence-electron chi connectivity index (χ1n) is 6.89. The van der Waals surface area contributed by atoms with E-state index in [1.165, 1.54) is 0 Å². The predicted octanol–water partition coefficient (Wildman–Crippen LogP) is 3.63. The summed E-state index contributed by atoms with van der Waals surface area (Å²) in [6.07, 6.45) is 3.57. The van der Waals surface area contributed by atoms with E-state index in [-0.39, 0.29) is 11.9 Å². The van der Waals surface area contributed by atoms with Gasteiger partial charge in [0.25, 0.3) is 5.91 Å². The Morgan fingerprint density at radius 1 is 1.14 bits per heavy atom. The van der Waals surface area contributed by atoms with Gasteiger partial charge in [0.1, 0.15) is 5.76 Å². The summed E-state index contributed by atoms with van der Waals surface area (Å²) in [6, 6.07) is 11.5. The van der Waals surface area contributed by atoms with Crippen LogP contribution in [0.15, 0.2) is 53.2 Å². The molecule has 21 heavy (non-hydrogen) atoms. The van der Waals surface area contributed by atoms with Gasteiger partial charge in [0.05, 0.1) is 0 Å². The van der Waals surface area contributed by atoms with E-state index in [1.54, 1.807) is 18.3 Å². The van der Waals surface area contributed by atoms with Crippen molar-refractivity contribution < 1.29 is 9.21 Å². The quantitative estimate of drug-likeness (QED) is 0.797. The Morgan fingerprint density at radius 2 is 1.95 bits per heavy atom. The van der Waals surface area contributed by atoms with Gasteiger partial charge in [-0.3, -0.25) is 9.78 Å². The second kappa shape index (κ2) is 5.40. The third kappa shape index (κ3) is 2.65. The summed E-state index contributed by atoms with van der Waals surface area (Å²) in [5, 5.41) is 4.91. The fourth-order valence-corrected chi connectivity index (χ4v) is 2.25. The zero-order chi connectivity index (χ0) is 14.8. The zero-order valence-corrected chi connectivity index (χ0v) is 12.0. The minimum atomic E-state index is -0.204. The van der Waals surface area contributed by atoms with Gasteiger partial charge in [0, 0.05) is 29.4 Å². The number of pyridine rings is 1. The second-order valence-electron chi connectivity index (χ2n) is 5.20. The number of carbonyl (C=O) groups is 1. The van der Waals surface area contributed by atoms with E-state index in [1.807, 2.05) is 44.3 Å². The molecule has 0 aliphatic rings. The molecular weight excluding hydrogens is 264 g/mol. The summed E-state index contributed by atoms with van der Waals surface area (Å²) in [5.74, 6) is 0.754. The van der Waals surface area contributed by atoms with E-state index in [4.69, 9.17) is 4.42 Å². The van der Waals surface area contributed by atoms with Gasteiger partial charge in [-0.1, -0.05) is 24.3 Å². The summed E-state index contributed by atoms with van der Waals surface area (Å²) < 4.78 is 5.69. The molecule has 0 atom stereocenters. The monoisotopic (exact) mass is 280 g/mol. The van der Waals surface area contributed by atoms with E-state index in [0.717, 1.165) is 16.3 Å². The van der Waals surface area contributed by atoms with Crippen LogP contribution in [0.5, 0.6) is 0 Å². The molecule has 3 aromatic rings. The van der Waals surface area contributed by atoms with Gasteiger partial charge in [-0.2, -0.15) is 0 Å². The molecule has 1 N–H and O–H groups in total. The first-order valence-corrected chi connectivity index (χ1v) is 6.89. The summed E-state index contributed by atoms with van der Waals surface area (Å²) in [7, 11) is 0. The number of nitrogens with zero attached hydrogens (tertiary/aromatic N) is 1. The van der Waals surface area contributed by atoms with Gasteiger partial charge < -0.3 is 9.73 Å². The zero-order valence-electron chi connectivity index (χ0n) is 12.0. The van der Waals surface area contributed by atoms with Crippen molar-refractivity contribution in [3.8, 4) is 11.3 Å². The minimum absolute atomic E-state index is 0.0743. The Bertz CT molecular complexity index is 785. The number of hydrogen-bond acceptors (Lipinski definition) is 3. The third-order valence-corrected chi connectivity index (χ3v) is 3.18. The molecule has 0 radical (unpaired) electrons. The third-order valence-electron chi connectivity index (χ3n) is 3.18. The van der Waals surface area contributed by atoms with Crippen LogP contribution in [0.25, 0.3) is 22.1 Å². The van der Waals surface area contributed by atoms with Crippen molar-refractivity contribution in [3.05, 3.63) is 54.6 Å². The summed E-state index contributed by atoms with van der Waals surface area (Å²) >= 11 is 0. The van der Waals surface area contributed by atoms with Crippen molar-refractivity contribution >= 4 is 16.7 Å². The van der Waals surface area contributed by atoms with Crippen LogP contribution < -0.4 is 5.32 Å². The number of furan rings is 1. The molecule has 4 nitrogen and oxygen atoms in total. The van der Waals surface area contributed by atoms with E-state index in [2.05, 4.69) is 10.3 Å². The molecule has 0 aliphatic heterocycles. The van der Waals surface area contributed by atoms with Crippen LogP contribution in [0.1, 0.15) is 24.4 Å². The Kier molecular flexibility index (Phi) is 3.44. The lowest BCUT2D eigenvalue weighted by molar-refractivity contribution is 0.0916. The molecule has 106 valence electrons. The van der Waals surface area contributed by atoms with Gasteiger partial charge in [-0.25, -0.2) is 0 Å². The largest absolute Gasteiger partial charge is 0.451 e. The van der Waals surface area contributed by atoms with Crippen molar-refractivity contribution in [2.24, 2.45) is 0 Å². The SMILES string of the molecule is CC(C)NC(=O)c1ccc(-c2cncc3ccccc23)o1. The smallest absolute Gasteiger partial charge is 0.287 e. The van der Waals surface area contributed by atoms with Crippen LogP contribution in [-0.2, 0) is 0 Å². The highest BCUT2D eigenvalue weighted by Gasteiger charge is 2.14. The van der Waals surface area contributed by atoms with Crippen molar-refractivity contribution in [2.45, 2.75) is 19.9 Å². The molecule has 0 spiro atoms. The highest BCUT2D eigenvalue weighted by molar-refractivity contribution is 5.96. The summed E-state index contributed by atoms with van der Waals surface area (Å²) in [6.45, 7) is 3.83. The van der Waals surface area contributed by atoms with Crippen molar-refractivity contribution in [2.75, 3.05) is 0 Å². The number of fused-ring (bicyclic) bond motifs is 1. The van der Waals surface area contributed by atoms with Gasteiger partial charge in [-0.15, -0.1) is 0 Å². The fraction of sp³-hybridized carbons (Fsp3) is 0.176. The molecule has 0 aliphatic carbocycles. The topological polar surface area (TPSA) is 55.1 Å². The average molecular weight is 280 g/mol. The highest BCUT2D eigenvalue weighted by Crippen LogP contribution is 2.28. The molecule has 3 rings (SSSR count). The Labute approximate surface area is 122 Å². The molecule has 1 amide bonds. The van der Waals surface area contributed by atoms with Crippen LogP contribution in [0, 0.1) is 0 Å². The predicted molar refractivity (Wildman–Crippen MR) is 82.0 cm³/mol. The first-order chi connectivity index (χ1) is 10.1. The van der Waals surface area contributed by atoms with Gasteiger partial charge in [-0.05, 0) is 31.4 Å². The minimum Gasteiger partial charge on any atom is -0.451 e. The van der Waals surface area contributed by atoms with E-state index in [9.17, 15) is 4.79 Å². The molecule has 1 aromatic carbocycles. The normalized spacial score (nSPS) is 11.0. The van der Waals surface area contributed by atoms with E-state index < -0.39 is 0 Å². The van der Waals surface area contributed by atoms with Crippen molar-refractivity contribution in [1.29, 1.82) is 0 Å². The van der Waals surface area contributed by atoms with E-state index in [0.29, 0.717) is 11.5 Å². The van der Waals surface area contributed by atoms with Crippen LogP contribution in [0.3, 0.4) is 0 Å². The number of rotatable bonds is 3. The standard InChI is InChI=1S/C17H16N2O2/c1-11(2)19-17(20)16-8-7-15(21-16)14-10-18-9-12-5-3-4-6-13(12)14/h3-11H,1-2H3,(H,19,20). The van der Waals surface area contributed by atoms with Gasteiger partial charge in [0.2, 0.25) is 0 Å². The van der Waals surface area contributed by atoms with Crippen LogP contribution in [0.4, 0.5) is 0 Å². The molecule has 0 unspecified atom stereocenters. The lowest BCUT2D eigenvalue weighted by atomic mass is 10.1. The number of amides is 1. The lowest BCUT2D eigenvalue weighted by Gasteiger charge is -2.06. The average Bonchev–Trinajstić information content (AvgIpc) is 2.95. The Hall–Kier alpha value is -2.62. The van der Waals surface area contributed by atoms with Crippen LogP contribution >= 0.6 is 0 Å². The Morgan fingerprint density at radius 3 is 2.76 bits per heavy atom. The Balaban J connectivity index is 2.01. The molecule has 0 saturated heterocycles. The molecular formula is C17H16N2O2. The van der Waals surface area contributed by atoms with Crippen molar-refractivity contribution in [3.63, 3.8) is 0 Å². The number of nitrogens with one attached hydrogen (secondary N) is 1. The molecule has 0 fully saturated rings. The number of hydrogen-bond donors (Lipinski definition) is 1. The van der Waals surface area contributed by atoms with Gasteiger partial charge >= 0.3 is 0 Å². The van der Waals surface area contributed by atoms with Crippen LogP contribution in [0.2, 0.25) is 0 Å². The molecule has 4 heteroatoms. The van der Waals surface area contributed by atoms with Gasteiger partial charge in [0.15, 0.2) is 5.76 Å². The maximum atomic E-state index is 11.9. The molecule has 2 heterocycles. The summed E-state index contributed by atoms with van der Waals surface area (Å²) in [5.41, 5.74) is 0.886. The van der Waals surface area contributed by atoms with Crippen molar-refractivity contribution in [1.82, 2.24) is 10.3 Å². The maximum absolute atomic E-state index is 11.9. The van der Waals surface area contributed by atoms with Crippen LogP contribution in [-0.4, -0.2) is 16.9 Å². The summed E-state index contributed by atoms with van der Waals surface area (Å²) in [4.78, 5) is 16.2. The molecule has 2 aromatic heterocycles. The fourth-order valence-electron chi connectivity index (χ4n) is 2.25. The molecule has 0 saturated carbocycles. The maximum Gasteiger partial charge on any atom is 0.287 e. The highest BCUT2D eigenvalue weighted by atomic mass is 16.3. The first kappa shape index (κ1) is 13.4.